The molecule has 0 amide bonds. The number of nitrogens with one attached hydrogen (secondary N) is 1. The molecule has 0 saturated heterocycles. The van der Waals surface area contributed by atoms with E-state index in [1.54, 1.807) is 12.1 Å². The van der Waals surface area contributed by atoms with Crippen molar-refractivity contribution in [1.29, 1.82) is 0 Å². The molecule has 1 aromatic carbocycles. The van der Waals surface area contributed by atoms with Crippen molar-refractivity contribution in [1.82, 2.24) is 5.32 Å². The first kappa shape index (κ1) is 12.4. The van der Waals surface area contributed by atoms with Gasteiger partial charge >= 0.3 is 0 Å². The summed E-state index contributed by atoms with van der Waals surface area (Å²) in [7, 11) is 1.91. The Hall–Kier alpha value is -1.06. The zero-order valence-electron chi connectivity index (χ0n) is 10.3. The van der Waals surface area contributed by atoms with Crippen LogP contribution in [-0.4, -0.2) is 23.4 Å². The summed E-state index contributed by atoms with van der Waals surface area (Å²) in [6.07, 6.45) is 4.00. The Balaban J connectivity index is 2.20. The van der Waals surface area contributed by atoms with Crippen molar-refractivity contribution >= 4 is 0 Å². The van der Waals surface area contributed by atoms with Crippen molar-refractivity contribution in [2.24, 2.45) is 5.92 Å². The second-order valence-corrected chi connectivity index (χ2v) is 4.88. The average molecular weight is 235 g/mol. The molecule has 1 aliphatic rings. The summed E-state index contributed by atoms with van der Waals surface area (Å²) in [4.78, 5) is 0. The Morgan fingerprint density at radius 3 is 2.71 bits per heavy atom. The minimum absolute atomic E-state index is 0.123. The van der Waals surface area contributed by atoms with Gasteiger partial charge < -0.3 is 15.5 Å². The van der Waals surface area contributed by atoms with E-state index >= 15 is 0 Å². The minimum Gasteiger partial charge on any atom is -0.508 e. The number of aromatic hydroxyl groups is 1. The maximum Gasteiger partial charge on any atom is 0.115 e. The maximum absolute atomic E-state index is 10.1. The Morgan fingerprint density at radius 1 is 1.29 bits per heavy atom. The molecule has 0 heterocycles. The number of benzene rings is 1. The third kappa shape index (κ3) is 2.79. The van der Waals surface area contributed by atoms with E-state index in [0.29, 0.717) is 0 Å². The molecule has 3 nitrogen and oxygen atoms in total. The van der Waals surface area contributed by atoms with Gasteiger partial charge in [-0.05, 0) is 37.6 Å². The van der Waals surface area contributed by atoms with Gasteiger partial charge in [-0.1, -0.05) is 25.0 Å². The highest BCUT2D eigenvalue weighted by Gasteiger charge is 2.30. The van der Waals surface area contributed by atoms with Gasteiger partial charge in [0.1, 0.15) is 5.75 Å². The fourth-order valence-corrected chi connectivity index (χ4v) is 2.87. The molecule has 1 unspecified atom stereocenters. The number of hydrogen-bond donors (Lipinski definition) is 3. The summed E-state index contributed by atoms with van der Waals surface area (Å²) in [5.74, 6) is 0.531. The third-order valence-corrected chi connectivity index (χ3v) is 3.75. The number of aliphatic hydroxyl groups is 1. The number of aliphatic hydroxyl groups excluding tert-OH is 1. The van der Waals surface area contributed by atoms with Crippen molar-refractivity contribution in [3.8, 4) is 5.75 Å². The normalized spacial score (nSPS) is 26.7. The molecule has 3 atom stereocenters. The van der Waals surface area contributed by atoms with Gasteiger partial charge in [-0.3, -0.25) is 0 Å². The smallest absolute Gasteiger partial charge is 0.115 e. The molecule has 3 heteroatoms. The van der Waals surface area contributed by atoms with E-state index < -0.39 is 0 Å². The highest BCUT2D eigenvalue weighted by Crippen LogP contribution is 2.35. The number of hydrogen-bond acceptors (Lipinski definition) is 3. The van der Waals surface area contributed by atoms with E-state index in [2.05, 4.69) is 5.32 Å². The van der Waals surface area contributed by atoms with Crippen LogP contribution in [0.3, 0.4) is 0 Å². The Bertz CT molecular complexity index is 367. The zero-order chi connectivity index (χ0) is 12.3. The van der Waals surface area contributed by atoms with Crippen molar-refractivity contribution in [2.45, 2.75) is 37.8 Å². The van der Waals surface area contributed by atoms with Crippen LogP contribution in [0, 0.1) is 5.92 Å². The monoisotopic (exact) mass is 235 g/mol. The Labute approximate surface area is 102 Å². The largest absolute Gasteiger partial charge is 0.508 e. The fourth-order valence-electron chi connectivity index (χ4n) is 2.87. The SMILES string of the molecule is CNC(c1cccc(O)c1)[C@@H]1CCCC[C@@H]1O. The van der Waals surface area contributed by atoms with Crippen LogP contribution < -0.4 is 5.32 Å². The van der Waals surface area contributed by atoms with Crippen LogP contribution in [0.4, 0.5) is 0 Å². The maximum atomic E-state index is 10.1. The molecule has 0 aromatic heterocycles. The molecule has 0 spiro atoms. The number of phenolic OH excluding ortho intramolecular Hbond substituents is 1. The molecule has 1 saturated carbocycles. The van der Waals surface area contributed by atoms with Crippen molar-refractivity contribution in [3.63, 3.8) is 0 Å². The predicted octanol–water partition coefficient (Wildman–Crippen LogP) is 2.20. The summed E-state index contributed by atoms with van der Waals surface area (Å²) in [6, 6.07) is 7.43. The predicted molar refractivity (Wildman–Crippen MR) is 67.9 cm³/mol. The van der Waals surface area contributed by atoms with Gasteiger partial charge in [0.15, 0.2) is 0 Å². The molecule has 0 bridgehead atoms. The summed E-state index contributed by atoms with van der Waals surface area (Å²) in [5.41, 5.74) is 1.05. The highest BCUT2D eigenvalue weighted by atomic mass is 16.3. The van der Waals surface area contributed by atoms with Crippen LogP contribution in [0.25, 0.3) is 0 Å². The first-order chi connectivity index (χ1) is 8.22. The third-order valence-electron chi connectivity index (χ3n) is 3.75. The lowest BCUT2D eigenvalue weighted by Crippen LogP contribution is -2.35. The van der Waals surface area contributed by atoms with Gasteiger partial charge in [0, 0.05) is 12.0 Å². The average Bonchev–Trinajstić information content (AvgIpc) is 2.33. The van der Waals surface area contributed by atoms with E-state index in [0.717, 1.165) is 24.8 Å². The molecular weight excluding hydrogens is 214 g/mol. The zero-order valence-corrected chi connectivity index (χ0v) is 10.3. The first-order valence-electron chi connectivity index (χ1n) is 6.36. The summed E-state index contributed by atoms with van der Waals surface area (Å²) in [5, 5.41) is 22.9. The molecule has 0 radical (unpaired) electrons. The van der Waals surface area contributed by atoms with Crippen LogP contribution in [0.5, 0.6) is 5.75 Å². The van der Waals surface area contributed by atoms with Crippen molar-refractivity contribution < 1.29 is 10.2 Å². The lowest BCUT2D eigenvalue weighted by atomic mass is 9.79. The van der Waals surface area contributed by atoms with Gasteiger partial charge in [0.25, 0.3) is 0 Å². The van der Waals surface area contributed by atoms with Crippen LogP contribution in [0.2, 0.25) is 0 Å². The summed E-state index contributed by atoms with van der Waals surface area (Å²) in [6.45, 7) is 0. The first-order valence-corrected chi connectivity index (χ1v) is 6.36. The molecule has 94 valence electrons. The lowest BCUT2D eigenvalue weighted by molar-refractivity contribution is 0.0494. The second-order valence-electron chi connectivity index (χ2n) is 4.88. The summed E-state index contributed by atoms with van der Waals surface area (Å²) >= 11 is 0. The topological polar surface area (TPSA) is 52.5 Å². The van der Waals surface area contributed by atoms with Gasteiger partial charge in [-0.25, -0.2) is 0 Å². The molecule has 3 N–H and O–H groups in total. The quantitative estimate of drug-likeness (QED) is 0.753. The van der Waals surface area contributed by atoms with E-state index in [9.17, 15) is 10.2 Å². The van der Waals surface area contributed by atoms with Crippen LogP contribution in [0.1, 0.15) is 37.3 Å². The molecule has 2 rings (SSSR count). The molecule has 1 fully saturated rings. The van der Waals surface area contributed by atoms with Gasteiger partial charge in [-0.2, -0.15) is 0 Å². The van der Waals surface area contributed by atoms with Crippen molar-refractivity contribution in [2.75, 3.05) is 7.05 Å². The molecule has 1 aliphatic carbocycles. The van der Waals surface area contributed by atoms with Crippen LogP contribution in [0.15, 0.2) is 24.3 Å². The van der Waals surface area contributed by atoms with Gasteiger partial charge in [0.05, 0.1) is 6.10 Å². The fraction of sp³-hybridized carbons (Fsp3) is 0.571. The molecule has 0 aliphatic heterocycles. The summed E-state index contributed by atoms with van der Waals surface area (Å²) < 4.78 is 0. The standard InChI is InChI=1S/C14H21NO2/c1-15-14(10-5-4-6-11(16)9-10)12-7-2-3-8-13(12)17/h4-6,9,12-17H,2-3,7-8H2,1H3/t12-,13+,14?/m1/s1. The minimum atomic E-state index is -0.233. The van der Waals surface area contributed by atoms with Gasteiger partial charge in [-0.15, -0.1) is 0 Å². The van der Waals surface area contributed by atoms with Crippen LogP contribution >= 0.6 is 0 Å². The van der Waals surface area contributed by atoms with E-state index in [4.69, 9.17) is 0 Å². The highest BCUT2D eigenvalue weighted by molar-refractivity contribution is 5.30. The van der Waals surface area contributed by atoms with Gasteiger partial charge in [0.2, 0.25) is 0 Å². The number of rotatable bonds is 3. The lowest BCUT2D eigenvalue weighted by Gasteiger charge is -2.34. The molecule has 17 heavy (non-hydrogen) atoms. The molecule has 1 aromatic rings. The van der Waals surface area contributed by atoms with Crippen LogP contribution in [-0.2, 0) is 0 Å². The molecular formula is C14H21NO2. The Kier molecular flexibility index (Phi) is 4.02. The van der Waals surface area contributed by atoms with E-state index in [1.807, 2.05) is 19.2 Å². The van der Waals surface area contributed by atoms with Crippen molar-refractivity contribution in [3.05, 3.63) is 29.8 Å². The van der Waals surface area contributed by atoms with E-state index in [1.165, 1.54) is 6.42 Å². The number of phenols is 1. The van der Waals surface area contributed by atoms with E-state index in [-0.39, 0.29) is 23.8 Å². The Morgan fingerprint density at radius 2 is 2.06 bits per heavy atom. The second kappa shape index (κ2) is 5.52.